The van der Waals surface area contributed by atoms with E-state index >= 15 is 0 Å². The van der Waals surface area contributed by atoms with Crippen molar-refractivity contribution in [2.45, 2.75) is 25.3 Å². The first kappa shape index (κ1) is 16.4. The van der Waals surface area contributed by atoms with E-state index in [0.29, 0.717) is 0 Å². The van der Waals surface area contributed by atoms with Crippen molar-refractivity contribution in [1.82, 2.24) is 0 Å². The Hall–Kier alpha value is -1.97. The van der Waals surface area contributed by atoms with Gasteiger partial charge in [0.25, 0.3) is 0 Å². The van der Waals surface area contributed by atoms with E-state index in [1.54, 1.807) is 6.08 Å². The van der Waals surface area contributed by atoms with Gasteiger partial charge in [0.2, 0.25) is 0 Å². The van der Waals surface area contributed by atoms with Crippen LogP contribution in [0.3, 0.4) is 0 Å². The van der Waals surface area contributed by atoms with Gasteiger partial charge in [-0.15, -0.1) is 0 Å². The highest BCUT2D eigenvalue weighted by Gasteiger charge is 2.31. The van der Waals surface area contributed by atoms with Crippen LogP contribution in [-0.2, 0) is 11.5 Å². The van der Waals surface area contributed by atoms with E-state index in [9.17, 15) is 13.2 Å². The van der Waals surface area contributed by atoms with Gasteiger partial charge in [0.15, 0.2) is 7.28 Å². The zero-order valence-corrected chi connectivity index (χ0v) is 12.6. The van der Waals surface area contributed by atoms with Gasteiger partial charge in [-0.05, 0) is 28.6 Å². The van der Waals surface area contributed by atoms with Gasteiger partial charge in [0.05, 0.1) is 5.56 Å². The zero-order valence-electron chi connectivity index (χ0n) is 12.6. The van der Waals surface area contributed by atoms with E-state index in [0.717, 1.165) is 28.7 Å². The molecular weight excluding hydrogens is 284 g/mol. The molecule has 0 amide bonds. The minimum absolute atomic E-state index is 0.361. The number of rotatable bonds is 4. The molecule has 113 valence electrons. The minimum atomic E-state index is -4.30. The maximum absolute atomic E-state index is 12.6. The Balaban J connectivity index is 2.20. The van der Waals surface area contributed by atoms with Crippen molar-refractivity contribution in [1.29, 1.82) is 0 Å². The molecule has 0 heterocycles. The van der Waals surface area contributed by atoms with Gasteiger partial charge in [0.1, 0.15) is 0 Å². The fourth-order valence-corrected chi connectivity index (χ4v) is 2.32. The number of benzene rings is 2. The number of hydrogen-bond acceptors (Lipinski definition) is 0. The molecule has 0 atom stereocenters. The number of hydrogen-bond donors (Lipinski definition) is 0. The standard InChI is InChI=1S/C18H17BF3/c1-4-13-5-11-16(12-6-13)19-17(2,3)14-7-9-15(10-8-14)18(20,21)22/h4-12H,1H2,2-3H3. The Morgan fingerprint density at radius 3 is 1.82 bits per heavy atom. The third-order valence-electron chi connectivity index (χ3n) is 3.66. The molecular formula is C18H17BF3. The first-order valence-electron chi connectivity index (χ1n) is 6.98. The molecule has 0 unspecified atom stereocenters. The second-order valence-corrected chi connectivity index (χ2v) is 5.81. The summed E-state index contributed by atoms with van der Waals surface area (Å²) in [7, 11) is 2.04. The Labute approximate surface area is 129 Å². The molecule has 2 aromatic rings. The molecule has 0 saturated heterocycles. The smallest absolute Gasteiger partial charge is 0.166 e. The number of alkyl halides is 3. The summed E-state index contributed by atoms with van der Waals surface area (Å²) < 4.78 is 37.9. The van der Waals surface area contributed by atoms with Crippen LogP contribution in [0.5, 0.6) is 0 Å². The van der Waals surface area contributed by atoms with Crippen molar-refractivity contribution in [2.24, 2.45) is 0 Å². The second kappa shape index (κ2) is 6.03. The molecule has 0 nitrogen and oxygen atoms in total. The van der Waals surface area contributed by atoms with Crippen LogP contribution in [0.15, 0.2) is 55.1 Å². The van der Waals surface area contributed by atoms with Crippen molar-refractivity contribution in [3.05, 3.63) is 71.8 Å². The van der Waals surface area contributed by atoms with Gasteiger partial charge in [-0.2, -0.15) is 13.2 Å². The summed E-state index contributed by atoms with van der Waals surface area (Å²) in [4.78, 5) is 0. The van der Waals surface area contributed by atoms with Crippen molar-refractivity contribution in [2.75, 3.05) is 0 Å². The normalized spacial score (nSPS) is 12.0. The SMILES string of the molecule is C=Cc1ccc([B]C(C)(C)c2ccc(C(F)(F)F)cc2)cc1. The summed E-state index contributed by atoms with van der Waals surface area (Å²) in [5, 5.41) is -0.361. The van der Waals surface area contributed by atoms with Crippen LogP contribution in [0.1, 0.15) is 30.5 Å². The van der Waals surface area contributed by atoms with Gasteiger partial charge >= 0.3 is 6.18 Å². The molecule has 2 aromatic carbocycles. The molecule has 4 heteroatoms. The molecule has 0 aliphatic rings. The van der Waals surface area contributed by atoms with Gasteiger partial charge in [-0.1, -0.05) is 68.4 Å². The summed E-state index contributed by atoms with van der Waals surface area (Å²) in [6.45, 7) is 7.67. The lowest BCUT2D eigenvalue weighted by Gasteiger charge is -2.25. The zero-order chi connectivity index (χ0) is 16.4. The van der Waals surface area contributed by atoms with Crippen LogP contribution in [0.4, 0.5) is 13.2 Å². The van der Waals surface area contributed by atoms with Crippen LogP contribution >= 0.6 is 0 Å². The molecule has 0 saturated carbocycles. The molecule has 0 N–H and O–H groups in total. The maximum Gasteiger partial charge on any atom is 0.416 e. The van der Waals surface area contributed by atoms with Crippen LogP contribution in [0, 0.1) is 0 Å². The molecule has 0 fully saturated rings. The Morgan fingerprint density at radius 1 is 0.864 bits per heavy atom. The fourth-order valence-electron chi connectivity index (χ4n) is 2.32. The first-order chi connectivity index (χ1) is 10.2. The molecule has 0 aliphatic carbocycles. The topological polar surface area (TPSA) is 0 Å². The van der Waals surface area contributed by atoms with E-state index < -0.39 is 11.7 Å². The van der Waals surface area contributed by atoms with Crippen molar-refractivity contribution in [3.8, 4) is 0 Å². The van der Waals surface area contributed by atoms with Crippen molar-refractivity contribution in [3.63, 3.8) is 0 Å². The highest BCUT2D eigenvalue weighted by atomic mass is 19.4. The maximum atomic E-state index is 12.6. The monoisotopic (exact) mass is 301 g/mol. The Kier molecular flexibility index (Phi) is 4.50. The predicted octanol–water partition coefficient (Wildman–Crippen LogP) is 4.61. The molecule has 0 spiro atoms. The summed E-state index contributed by atoms with van der Waals surface area (Å²) in [6, 6.07) is 13.2. The Morgan fingerprint density at radius 2 is 1.36 bits per heavy atom. The summed E-state index contributed by atoms with van der Waals surface area (Å²) in [6.07, 6.45) is -2.53. The lowest BCUT2D eigenvalue weighted by atomic mass is 9.48. The van der Waals surface area contributed by atoms with Crippen LogP contribution < -0.4 is 5.46 Å². The van der Waals surface area contributed by atoms with Crippen LogP contribution in [0.2, 0.25) is 0 Å². The van der Waals surface area contributed by atoms with Gasteiger partial charge in [0, 0.05) is 0 Å². The highest BCUT2D eigenvalue weighted by Crippen LogP contribution is 2.31. The lowest BCUT2D eigenvalue weighted by molar-refractivity contribution is -0.137. The van der Waals surface area contributed by atoms with Crippen molar-refractivity contribution < 1.29 is 13.2 Å². The van der Waals surface area contributed by atoms with Crippen molar-refractivity contribution >= 4 is 18.8 Å². The Bertz CT molecular complexity index is 638. The molecule has 22 heavy (non-hydrogen) atoms. The third-order valence-corrected chi connectivity index (χ3v) is 3.66. The van der Waals surface area contributed by atoms with Gasteiger partial charge < -0.3 is 0 Å². The molecule has 2 rings (SSSR count). The van der Waals surface area contributed by atoms with Gasteiger partial charge in [-0.25, -0.2) is 0 Å². The van der Waals surface area contributed by atoms with Crippen LogP contribution in [-0.4, -0.2) is 7.28 Å². The minimum Gasteiger partial charge on any atom is -0.166 e. The summed E-state index contributed by atoms with van der Waals surface area (Å²) >= 11 is 0. The average molecular weight is 301 g/mol. The molecule has 0 bridgehead atoms. The van der Waals surface area contributed by atoms with Gasteiger partial charge in [-0.3, -0.25) is 0 Å². The summed E-state index contributed by atoms with van der Waals surface area (Å²) in [5.74, 6) is 0. The van der Waals surface area contributed by atoms with Crippen LogP contribution in [0.25, 0.3) is 6.08 Å². The quantitative estimate of drug-likeness (QED) is 0.723. The third kappa shape index (κ3) is 3.82. The molecule has 0 aliphatic heterocycles. The second-order valence-electron chi connectivity index (χ2n) is 5.81. The fraction of sp³-hybridized carbons (Fsp3) is 0.222. The van der Waals surface area contributed by atoms with E-state index in [1.165, 1.54) is 12.1 Å². The first-order valence-corrected chi connectivity index (χ1v) is 6.98. The average Bonchev–Trinajstić information content (AvgIpc) is 2.47. The van der Waals surface area contributed by atoms with E-state index in [1.807, 2.05) is 45.4 Å². The lowest BCUT2D eigenvalue weighted by Crippen LogP contribution is -2.34. The largest absolute Gasteiger partial charge is 0.416 e. The predicted molar refractivity (Wildman–Crippen MR) is 86.4 cm³/mol. The highest BCUT2D eigenvalue weighted by molar-refractivity contribution is 6.56. The molecule has 0 aromatic heterocycles. The van der Waals surface area contributed by atoms with E-state index in [4.69, 9.17) is 0 Å². The summed E-state index contributed by atoms with van der Waals surface area (Å²) in [5.41, 5.74) is 2.27. The number of halogens is 3. The van der Waals surface area contributed by atoms with E-state index in [-0.39, 0.29) is 5.31 Å². The van der Waals surface area contributed by atoms with E-state index in [2.05, 4.69) is 6.58 Å². The molecule has 1 radical (unpaired) electrons.